The predicted octanol–water partition coefficient (Wildman–Crippen LogP) is 4.51. The molecule has 0 N–H and O–H groups in total. The summed E-state index contributed by atoms with van der Waals surface area (Å²) in [6.07, 6.45) is 3.48. The highest BCUT2D eigenvalue weighted by Gasteiger charge is 2.06. The first-order valence-electron chi connectivity index (χ1n) is 8.65. The quantitative estimate of drug-likeness (QED) is 0.477. The van der Waals surface area contributed by atoms with Gasteiger partial charge in [-0.15, -0.1) is 0 Å². The van der Waals surface area contributed by atoms with Crippen molar-refractivity contribution in [2.75, 3.05) is 7.11 Å². The Balaban J connectivity index is 1.52. The van der Waals surface area contributed by atoms with Gasteiger partial charge in [-0.3, -0.25) is 0 Å². The number of hydrogen-bond acceptors (Lipinski definition) is 4. The summed E-state index contributed by atoms with van der Waals surface area (Å²) in [4.78, 5) is 4.34. The van der Waals surface area contributed by atoms with Crippen molar-refractivity contribution in [2.24, 2.45) is 5.10 Å². The summed E-state index contributed by atoms with van der Waals surface area (Å²) in [6, 6.07) is 23.7. The van der Waals surface area contributed by atoms with Gasteiger partial charge in [-0.1, -0.05) is 42.5 Å². The highest BCUT2D eigenvalue weighted by Crippen LogP contribution is 2.28. The van der Waals surface area contributed by atoms with Gasteiger partial charge in [0.25, 0.3) is 0 Å². The van der Waals surface area contributed by atoms with Gasteiger partial charge in [-0.05, 0) is 41.5 Å². The number of fused-ring (bicyclic) bond motifs is 1. The van der Waals surface area contributed by atoms with E-state index in [4.69, 9.17) is 9.47 Å². The smallest absolute Gasteiger partial charge is 0.161 e. The van der Waals surface area contributed by atoms with Crippen LogP contribution in [-0.2, 0) is 6.61 Å². The molecule has 0 atom stereocenters. The molecule has 0 spiro atoms. The number of imidazole rings is 1. The number of hydrogen-bond donors (Lipinski definition) is 0. The minimum atomic E-state index is 0.492. The van der Waals surface area contributed by atoms with Crippen LogP contribution in [0.2, 0.25) is 0 Å². The van der Waals surface area contributed by atoms with Crippen LogP contribution in [0.15, 0.2) is 84.2 Å². The largest absolute Gasteiger partial charge is 0.493 e. The van der Waals surface area contributed by atoms with E-state index >= 15 is 0 Å². The molecule has 0 amide bonds. The lowest BCUT2D eigenvalue weighted by molar-refractivity contribution is 0.284. The monoisotopic (exact) mass is 357 g/mol. The number of ether oxygens (including phenoxy) is 2. The van der Waals surface area contributed by atoms with E-state index in [0.29, 0.717) is 18.1 Å². The van der Waals surface area contributed by atoms with Gasteiger partial charge >= 0.3 is 0 Å². The van der Waals surface area contributed by atoms with Crippen molar-refractivity contribution >= 4 is 17.2 Å². The van der Waals surface area contributed by atoms with E-state index in [1.807, 2.05) is 72.8 Å². The predicted molar refractivity (Wildman–Crippen MR) is 106 cm³/mol. The van der Waals surface area contributed by atoms with E-state index in [1.54, 1.807) is 24.3 Å². The normalized spacial score (nSPS) is 11.1. The van der Waals surface area contributed by atoms with Crippen molar-refractivity contribution in [1.82, 2.24) is 9.66 Å². The molecule has 5 heteroatoms. The third-order valence-electron chi connectivity index (χ3n) is 4.19. The van der Waals surface area contributed by atoms with Crippen molar-refractivity contribution < 1.29 is 9.47 Å². The molecule has 134 valence electrons. The van der Waals surface area contributed by atoms with Crippen LogP contribution in [0, 0.1) is 0 Å². The molecule has 0 unspecified atom stereocenters. The fourth-order valence-electron chi connectivity index (χ4n) is 2.79. The lowest BCUT2D eigenvalue weighted by Gasteiger charge is -2.11. The van der Waals surface area contributed by atoms with Gasteiger partial charge in [0.2, 0.25) is 0 Å². The van der Waals surface area contributed by atoms with Gasteiger partial charge in [0.15, 0.2) is 11.5 Å². The van der Waals surface area contributed by atoms with E-state index < -0.39 is 0 Å². The zero-order valence-electron chi connectivity index (χ0n) is 14.9. The SMILES string of the molecule is COc1cc(/C=N\n2cnc3ccccc32)ccc1OCc1ccccc1. The maximum Gasteiger partial charge on any atom is 0.161 e. The minimum absolute atomic E-state index is 0.492. The molecule has 0 saturated carbocycles. The molecule has 0 aliphatic rings. The summed E-state index contributed by atoms with van der Waals surface area (Å²) < 4.78 is 13.1. The topological polar surface area (TPSA) is 48.6 Å². The summed E-state index contributed by atoms with van der Waals surface area (Å²) in [6.45, 7) is 0.492. The van der Waals surface area contributed by atoms with E-state index in [1.165, 1.54) is 0 Å². The Labute approximate surface area is 157 Å². The van der Waals surface area contributed by atoms with Gasteiger partial charge in [0, 0.05) is 0 Å². The van der Waals surface area contributed by atoms with Crippen molar-refractivity contribution in [2.45, 2.75) is 6.61 Å². The molecule has 0 radical (unpaired) electrons. The molecular weight excluding hydrogens is 338 g/mol. The van der Waals surface area contributed by atoms with Crippen molar-refractivity contribution in [3.8, 4) is 11.5 Å². The third kappa shape index (κ3) is 3.82. The molecule has 4 aromatic rings. The molecule has 0 saturated heterocycles. The van der Waals surface area contributed by atoms with Gasteiger partial charge in [0.1, 0.15) is 12.9 Å². The lowest BCUT2D eigenvalue weighted by Crippen LogP contribution is -1.98. The van der Waals surface area contributed by atoms with Crippen LogP contribution in [0.3, 0.4) is 0 Å². The van der Waals surface area contributed by atoms with Gasteiger partial charge in [0.05, 0.1) is 24.4 Å². The second-order valence-electron chi connectivity index (χ2n) is 6.01. The Morgan fingerprint density at radius 3 is 2.63 bits per heavy atom. The molecule has 27 heavy (non-hydrogen) atoms. The Bertz CT molecular complexity index is 1070. The molecule has 0 aliphatic heterocycles. The minimum Gasteiger partial charge on any atom is -0.493 e. The number of benzene rings is 3. The Kier molecular flexibility index (Phi) is 4.83. The fraction of sp³-hybridized carbons (Fsp3) is 0.0909. The second kappa shape index (κ2) is 7.74. The number of nitrogens with zero attached hydrogens (tertiary/aromatic N) is 3. The molecule has 0 bridgehead atoms. The molecule has 0 aliphatic carbocycles. The average Bonchev–Trinajstić information content (AvgIpc) is 3.15. The Hall–Kier alpha value is -3.60. The van der Waals surface area contributed by atoms with Crippen LogP contribution in [-0.4, -0.2) is 23.0 Å². The zero-order valence-corrected chi connectivity index (χ0v) is 14.9. The van der Waals surface area contributed by atoms with E-state index in [2.05, 4.69) is 10.1 Å². The van der Waals surface area contributed by atoms with Crippen LogP contribution in [0.5, 0.6) is 11.5 Å². The summed E-state index contributed by atoms with van der Waals surface area (Å²) in [7, 11) is 1.63. The number of aromatic nitrogens is 2. The van der Waals surface area contributed by atoms with E-state index in [9.17, 15) is 0 Å². The third-order valence-corrected chi connectivity index (χ3v) is 4.19. The zero-order chi connectivity index (χ0) is 18.5. The number of rotatable bonds is 6. The first kappa shape index (κ1) is 16.8. The molecular formula is C22H19N3O2. The molecule has 0 fully saturated rings. The Morgan fingerprint density at radius 1 is 0.963 bits per heavy atom. The van der Waals surface area contributed by atoms with Crippen molar-refractivity contribution in [3.05, 3.63) is 90.3 Å². The Morgan fingerprint density at radius 2 is 1.78 bits per heavy atom. The van der Waals surface area contributed by atoms with Gasteiger partial charge < -0.3 is 9.47 Å². The number of methoxy groups -OCH3 is 1. The van der Waals surface area contributed by atoms with Crippen LogP contribution >= 0.6 is 0 Å². The van der Waals surface area contributed by atoms with Crippen molar-refractivity contribution in [1.29, 1.82) is 0 Å². The van der Waals surface area contributed by atoms with Crippen molar-refractivity contribution in [3.63, 3.8) is 0 Å². The van der Waals surface area contributed by atoms with E-state index in [0.717, 1.165) is 22.2 Å². The average molecular weight is 357 g/mol. The van der Waals surface area contributed by atoms with Crippen LogP contribution < -0.4 is 9.47 Å². The van der Waals surface area contributed by atoms with Gasteiger partial charge in [-0.25, -0.2) is 9.66 Å². The summed E-state index contributed by atoms with van der Waals surface area (Å²) >= 11 is 0. The van der Waals surface area contributed by atoms with Crippen LogP contribution in [0.25, 0.3) is 11.0 Å². The number of para-hydroxylation sites is 2. The van der Waals surface area contributed by atoms with Crippen LogP contribution in [0.1, 0.15) is 11.1 Å². The fourth-order valence-corrected chi connectivity index (χ4v) is 2.79. The molecule has 1 aromatic heterocycles. The molecule has 3 aromatic carbocycles. The van der Waals surface area contributed by atoms with E-state index in [-0.39, 0.29) is 0 Å². The maximum atomic E-state index is 5.89. The highest BCUT2D eigenvalue weighted by atomic mass is 16.5. The maximum absolute atomic E-state index is 5.89. The summed E-state index contributed by atoms with van der Waals surface area (Å²) in [5.41, 5.74) is 3.90. The standard InChI is InChI=1S/C22H19N3O2/c1-26-22-13-18(11-12-21(22)27-15-17-7-3-2-4-8-17)14-24-25-16-23-19-9-5-6-10-20(19)25/h2-14,16H,15H2,1H3/b24-14-. The lowest BCUT2D eigenvalue weighted by atomic mass is 10.2. The van der Waals surface area contributed by atoms with Crippen LogP contribution in [0.4, 0.5) is 0 Å². The highest BCUT2D eigenvalue weighted by molar-refractivity contribution is 5.82. The second-order valence-corrected chi connectivity index (χ2v) is 6.01. The molecule has 4 rings (SSSR count). The summed E-state index contributed by atoms with van der Waals surface area (Å²) in [5, 5.41) is 4.50. The molecule has 1 heterocycles. The first-order chi connectivity index (χ1) is 13.3. The first-order valence-corrected chi connectivity index (χ1v) is 8.65. The summed E-state index contributed by atoms with van der Waals surface area (Å²) in [5.74, 6) is 1.37. The molecule has 5 nitrogen and oxygen atoms in total. The van der Waals surface area contributed by atoms with Gasteiger partial charge in [-0.2, -0.15) is 5.10 Å².